The van der Waals surface area contributed by atoms with Crippen molar-refractivity contribution in [2.75, 3.05) is 13.2 Å². The number of amides is 1. The third-order valence-electron chi connectivity index (χ3n) is 9.86. The minimum atomic E-state index is -0.812. The number of carbonyl (C=O) groups excluding carboxylic acids is 1. The number of β-amino-alcohol motifs (C(OH)–C–C–N with tert-alkyl or cyclic N) is 1. The second-order valence-electron chi connectivity index (χ2n) is 12.2. The van der Waals surface area contributed by atoms with Gasteiger partial charge in [-0.3, -0.25) is 4.79 Å². The first-order chi connectivity index (χ1) is 15.0. The maximum atomic E-state index is 13.4. The van der Waals surface area contributed by atoms with Crippen LogP contribution in [0.5, 0.6) is 0 Å². The van der Waals surface area contributed by atoms with E-state index < -0.39 is 5.60 Å². The molecule has 0 unspecified atom stereocenters. The minimum Gasteiger partial charge on any atom is -0.395 e. The summed E-state index contributed by atoms with van der Waals surface area (Å²) in [7, 11) is 0. The van der Waals surface area contributed by atoms with Gasteiger partial charge in [0.1, 0.15) is 0 Å². The molecule has 178 valence electrons. The van der Waals surface area contributed by atoms with Gasteiger partial charge >= 0.3 is 0 Å². The van der Waals surface area contributed by atoms with Crippen LogP contribution in [0, 0.1) is 23.2 Å². The molecule has 1 amide bonds. The van der Waals surface area contributed by atoms with E-state index in [9.17, 15) is 15.0 Å². The number of hydrogen-bond acceptors (Lipinski definition) is 4. The van der Waals surface area contributed by atoms with Crippen LogP contribution < -0.4 is 0 Å². The van der Waals surface area contributed by atoms with Gasteiger partial charge in [-0.2, -0.15) is 0 Å². The van der Waals surface area contributed by atoms with Crippen molar-refractivity contribution < 1.29 is 19.7 Å². The maximum absolute atomic E-state index is 13.4. The molecular weight excluding hydrogens is 402 g/mol. The van der Waals surface area contributed by atoms with Crippen LogP contribution in [0.1, 0.15) is 79.6 Å². The average Bonchev–Trinajstić information content (AvgIpc) is 3.30. The van der Waals surface area contributed by atoms with E-state index >= 15 is 0 Å². The second-order valence-corrected chi connectivity index (χ2v) is 12.2. The highest BCUT2D eigenvalue weighted by atomic mass is 16.5. The number of carbonyl (C=O) groups is 1. The standard InChI is InChI=1S/C27H41NO4/c1-16(2)12-18-13-17(3)27(32-18)9-8-25(4)14-20-23-19(6-7-22(25)27)24(30)28(10-11-29)21(23)15-26(20,5)31/h12,17-18,20-22,29,31H,6-11,13-15H2,1-5H3/t17-,18-,20-,21-,22+,25+,26+,27-/m0/s1. The van der Waals surface area contributed by atoms with E-state index in [1.165, 1.54) is 11.1 Å². The van der Waals surface area contributed by atoms with Gasteiger partial charge < -0.3 is 19.8 Å². The molecule has 0 aromatic carbocycles. The van der Waals surface area contributed by atoms with Crippen LogP contribution in [0.4, 0.5) is 0 Å². The van der Waals surface area contributed by atoms with Crippen molar-refractivity contribution >= 4 is 5.91 Å². The van der Waals surface area contributed by atoms with E-state index in [1.54, 1.807) is 0 Å². The summed E-state index contributed by atoms with van der Waals surface area (Å²) in [6.07, 6.45) is 8.99. The highest BCUT2D eigenvalue weighted by Crippen LogP contribution is 2.65. The predicted molar refractivity (Wildman–Crippen MR) is 124 cm³/mol. The molecule has 3 fully saturated rings. The predicted octanol–water partition coefficient (Wildman–Crippen LogP) is 3.99. The largest absolute Gasteiger partial charge is 0.395 e. The number of hydrogen-bond donors (Lipinski definition) is 2. The topological polar surface area (TPSA) is 70.0 Å². The molecule has 0 aromatic heterocycles. The summed E-state index contributed by atoms with van der Waals surface area (Å²) in [5, 5.41) is 21.1. The van der Waals surface area contributed by atoms with Crippen LogP contribution in [0.15, 0.2) is 22.8 Å². The number of aliphatic hydroxyl groups is 2. The zero-order valence-corrected chi connectivity index (χ0v) is 20.5. The first-order valence-electron chi connectivity index (χ1n) is 12.7. The van der Waals surface area contributed by atoms with Crippen molar-refractivity contribution in [3.63, 3.8) is 0 Å². The van der Waals surface area contributed by atoms with Gasteiger partial charge in [-0.15, -0.1) is 0 Å². The molecule has 5 nitrogen and oxygen atoms in total. The lowest BCUT2D eigenvalue weighted by atomic mass is 9.62. The third kappa shape index (κ3) is 3.10. The minimum absolute atomic E-state index is 0.0170. The quantitative estimate of drug-likeness (QED) is 0.647. The van der Waals surface area contributed by atoms with E-state index in [1.807, 2.05) is 11.8 Å². The molecule has 0 aromatic rings. The van der Waals surface area contributed by atoms with E-state index in [0.717, 1.165) is 44.1 Å². The summed E-state index contributed by atoms with van der Waals surface area (Å²) in [6, 6.07) is -0.0381. The molecule has 2 N–H and O–H groups in total. The number of aliphatic hydroxyl groups excluding tert-OH is 1. The maximum Gasteiger partial charge on any atom is 0.250 e. The number of allylic oxidation sites excluding steroid dienone is 1. The van der Waals surface area contributed by atoms with Crippen molar-refractivity contribution in [3.8, 4) is 0 Å². The van der Waals surface area contributed by atoms with Gasteiger partial charge in [0.15, 0.2) is 0 Å². The summed E-state index contributed by atoms with van der Waals surface area (Å²) >= 11 is 0. The first kappa shape index (κ1) is 22.6. The fourth-order valence-corrected chi connectivity index (χ4v) is 8.50. The smallest absolute Gasteiger partial charge is 0.250 e. The van der Waals surface area contributed by atoms with Crippen LogP contribution in [-0.2, 0) is 9.53 Å². The molecular formula is C27H41NO4. The van der Waals surface area contributed by atoms with E-state index in [4.69, 9.17) is 4.74 Å². The Balaban J connectivity index is 1.52. The van der Waals surface area contributed by atoms with Gasteiger partial charge in [-0.25, -0.2) is 0 Å². The zero-order valence-electron chi connectivity index (χ0n) is 20.5. The SMILES string of the molecule is CC(C)=C[C@H]1C[C@H](C)[C@]2(CC[C@]3(C)C[C@H]4C5=C(CC[C@H]32)C(=O)N(CCO)[C@H]5C[C@@]4(C)O)O1. The van der Waals surface area contributed by atoms with Crippen molar-refractivity contribution in [2.45, 2.75) is 103 Å². The van der Waals surface area contributed by atoms with E-state index in [-0.39, 0.29) is 41.6 Å². The molecule has 8 atom stereocenters. The normalized spacial score (nSPS) is 47.7. The van der Waals surface area contributed by atoms with Crippen LogP contribution in [0.25, 0.3) is 0 Å². The van der Waals surface area contributed by atoms with Gasteiger partial charge in [0.05, 0.1) is 30.0 Å². The average molecular weight is 444 g/mol. The second kappa shape index (κ2) is 7.41. The summed E-state index contributed by atoms with van der Waals surface area (Å²) < 4.78 is 6.91. The van der Waals surface area contributed by atoms with Crippen molar-refractivity contribution in [1.82, 2.24) is 4.90 Å². The van der Waals surface area contributed by atoms with E-state index in [2.05, 4.69) is 33.8 Å². The van der Waals surface area contributed by atoms with Gasteiger partial charge in [0, 0.05) is 24.5 Å². The lowest BCUT2D eigenvalue weighted by Crippen LogP contribution is -2.46. The van der Waals surface area contributed by atoms with Gasteiger partial charge in [0.2, 0.25) is 5.91 Å². The summed E-state index contributed by atoms with van der Waals surface area (Å²) in [5.41, 5.74) is 2.59. The van der Waals surface area contributed by atoms with Gasteiger partial charge in [-0.05, 0) is 82.1 Å². The molecule has 1 spiro atoms. The fourth-order valence-electron chi connectivity index (χ4n) is 8.50. The zero-order chi connectivity index (χ0) is 23.1. The Morgan fingerprint density at radius 3 is 2.69 bits per heavy atom. The molecule has 0 bridgehead atoms. The summed E-state index contributed by atoms with van der Waals surface area (Å²) in [4.78, 5) is 15.2. The Bertz CT molecular complexity index is 871. The van der Waals surface area contributed by atoms with Crippen molar-refractivity contribution in [1.29, 1.82) is 0 Å². The number of nitrogens with zero attached hydrogens (tertiary/aromatic N) is 1. The molecule has 1 saturated heterocycles. The van der Waals surface area contributed by atoms with Crippen molar-refractivity contribution in [2.24, 2.45) is 23.2 Å². The monoisotopic (exact) mass is 443 g/mol. The first-order valence-corrected chi connectivity index (χ1v) is 12.7. The Kier molecular flexibility index (Phi) is 5.24. The molecule has 5 heteroatoms. The van der Waals surface area contributed by atoms with Crippen LogP contribution >= 0.6 is 0 Å². The Labute approximate surface area is 192 Å². The van der Waals surface area contributed by atoms with Gasteiger partial charge in [0.25, 0.3) is 0 Å². The number of fused-ring (bicyclic) bond motifs is 2. The number of ether oxygens (including phenoxy) is 1. The fraction of sp³-hybridized carbons (Fsp3) is 0.815. The van der Waals surface area contributed by atoms with Gasteiger partial charge in [-0.1, -0.05) is 25.5 Å². The molecule has 2 saturated carbocycles. The molecule has 0 radical (unpaired) electrons. The highest BCUT2D eigenvalue weighted by Gasteiger charge is 2.64. The molecule has 5 aliphatic rings. The Morgan fingerprint density at radius 2 is 2.00 bits per heavy atom. The Hall–Kier alpha value is -1.17. The number of rotatable bonds is 3. The molecule has 32 heavy (non-hydrogen) atoms. The molecule has 2 heterocycles. The summed E-state index contributed by atoms with van der Waals surface area (Å²) in [5.74, 6) is 0.996. The highest BCUT2D eigenvalue weighted by molar-refractivity contribution is 5.98. The lowest BCUT2D eigenvalue weighted by molar-refractivity contribution is -0.129. The van der Waals surface area contributed by atoms with E-state index in [0.29, 0.717) is 24.8 Å². The lowest BCUT2D eigenvalue weighted by Gasteiger charge is -2.45. The van der Waals surface area contributed by atoms with Crippen LogP contribution in [0.2, 0.25) is 0 Å². The Morgan fingerprint density at radius 1 is 1.25 bits per heavy atom. The third-order valence-corrected chi connectivity index (χ3v) is 9.86. The van der Waals surface area contributed by atoms with Crippen molar-refractivity contribution in [3.05, 3.63) is 22.8 Å². The molecule has 5 rings (SSSR count). The molecule has 2 aliphatic heterocycles. The van der Waals surface area contributed by atoms with Crippen LogP contribution in [-0.4, -0.2) is 57.5 Å². The van der Waals surface area contributed by atoms with Crippen LogP contribution in [0.3, 0.4) is 0 Å². The molecule has 3 aliphatic carbocycles. The summed E-state index contributed by atoms with van der Waals surface area (Å²) in [6.45, 7) is 11.4.